The molecular formula is C12H15N3. The van der Waals surface area contributed by atoms with Gasteiger partial charge in [0.25, 0.3) is 0 Å². The van der Waals surface area contributed by atoms with Gasteiger partial charge in [0.05, 0.1) is 5.52 Å². The zero-order valence-electron chi connectivity index (χ0n) is 8.85. The Bertz CT molecular complexity index is 453. The Morgan fingerprint density at radius 1 is 1.33 bits per heavy atom. The molecule has 0 radical (unpaired) electrons. The summed E-state index contributed by atoms with van der Waals surface area (Å²) in [7, 11) is 2.05. The van der Waals surface area contributed by atoms with Crippen molar-refractivity contribution in [2.75, 3.05) is 25.0 Å². The van der Waals surface area contributed by atoms with Crippen molar-refractivity contribution in [3.8, 4) is 0 Å². The minimum Gasteiger partial charge on any atom is -0.373 e. The summed E-state index contributed by atoms with van der Waals surface area (Å²) in [4.78, 5) is 6.43. The first-order valence-electron chi connectivity index (χ1n) is 5.07. The molecule has 0 aliphatic carbocycles. The van der Waals surface area contributed by atoms with Crippen molar-refractivity contribution >= 4 is 16.6 Å². The summed E-state index contributed by atoms with van der Waals surface area (Å²) < 4.78 is 0. The van der Waals surface area contributed by atoms with Crippen LogP contribution >= 0.6 is 0 Å². The molecule has 15 heavy (non-hydrogen) atoms. The fraction of sp³-hybridized carbons (Fsp3) is 0.250. The minimum atomic E-state index is 0.668. The summed E-state index contributed by atoms with van der Waals surface area (Å²) in [6.45, 7) is 1.54. The van der Waals surface area contributed by atoms with Gasteiger partial charge >= 0.3 is 0 Å². The van der Waals surface area contributed by atoms with Crippen molar-refractivity contribution in [2.45, 2.75) is 0 Å². The molecule has 1 aromatic heterocycles. The van der Waals surface area contributed by atoms with Crippen LogP contribution in [-0.2, 0) is 0 Å². The number of anilines is 1. The predicted molar refractivity (Wildman–Crippen MR) is 64.1 cm³/mol. The lowest BCUT2D eigenvalue weighted by molar-refractivity contribution is 0.886. The molecule has 0 saturated carbocycles. The van der Waals surface area contributed by atoms with Crippen LogP contribution in [0.2, 0.25) is 0 Å². The van der Waals surface area contributed by atoms with Gasteiger partial charge in [-0.15, -0.1) is 0 Å². The molecule has 0 aliphatic heterocycles. The average molecular weight is 201 g/mol. The molecule has 0 fully saturated rings. The number of rotatable bonds is 3. The summed E-state index contributed by atoms with van der Waals surface area (Å²) in [5, 5.41) is 1.17. The normalized spacial score (nSPS) is 10.5. The maximum Gasteiger partial charge on any atom is 0.0703 e. The lowest BCUT2D eigenvalue weighted by Crippen LogP contribution is -2.24. The Hall–Kier alpha value is -1.61. The van der Waals surface area contributed by atoms with Crippen LogP contribution in [0.4, 0.5) is 5.69 Å². The van der Waals surface area contributed by atoms with Gasteiger partial charge in [-0.05, 0) is 24.3 Å². The Morgan fingerprint density at radius 3 is 3.00 bits per heavy atom. The van der Waals surface area contributed by atoms with Gasteiger partial charge in [-0.25, -0.2) is 0 Å². The maximum atomic E-state index is 5.53. The zero-order chi connectivity index (χ0) is 10.7. The first-order valence-corrected chi connectivity index (χ1v) is 5.07. The first kappa shape index (κ1) is 9.93. The van der Waals surface area contributed by atoms with Crippen LogP contribution in [0.5, 0.6) is 0 Å². The van der Waals surface area contributed by atoms with Gasteiger partial charge in [0, 0.05) is 37.4 Å². The Labute approximate surface area is 89.5 Å². The van der Waals surface area contributed by atoms with Crippen LogP contribution in [0.3, 0.4) is 0 Å². The highest BCUT2D eigenvalue weighted by Crippen LogP contribution is 2.19. The smallest absolute Gasteiger partial charge is 0.0703 e. The number of pyridine rings is 1. The van der Waals surface area contributed by atoms with E-state index < -0.39 is 0 Å². The quantitative estimate of drug-likeness (QED) is 0.820. The van der Waals surface area contributed by atoms with Gasteiger partial charge in [-0.2, -0.15) is 0 Å². The van der Waals surface area contributed by atoms with Crippen molar-refractivity contribution < 1.29 is 0 Å². The Balaban J connectivity index is 2.38. The molecular weight excluding hydrogens is 186 g/mol. The second-order valence-electron chi connectivity index (χ2n) is 3.59. The molecule has 0 amide bonds. The first-order chi connectivity index (χ1) is 7.31. The molecule has 2 N–H and O–H groups in total. The third kappa shape index (κ3) is 2.07. The van der Waals surface area contributed by atoms with Gasteiger partial charge in [0.1, 0.15) is 0 Å². The molecule has 2 rings (SSSR count). The summed E-state index contributed by atoms with van der Waals surface area (Å²) in [6.07, 6.45) is 1.81. The van der Waals surface area contributed by atoms with Crippen LogP contribution < -0.4 is 10.6 Å². The third-order valence-electron chi connectivity index (χ3n) is 2.49. The van der Waals surface area contributed by atoms with E-state index in [1.54, 1.807) is 0 Å². The fourth-order valence-corrected chi connectivity index (χ4v) is 1.62. The number of benzene rings is 1. The molecule has 2 aromatic rings. The summed E-state index contributed by atoms with van der Waals surface area (Å²) >= 11 is 0. The van der Waals surface area contributed by atoms with Crippen molar-refractivity contribution in [1.82, 2.24) is 4.98 Å². The highest BCUT2D eigenvalue weighted by molar-refractivity contribution is 5.82. The third-order valence-corrected chi connectivity index (χ3v) is 2.49. The number of fused-ring (bicyclic) bond motifs is 1. The Morgan fingerprint density at radius 2 is 2.20 bits per heavy atom. The van der Waals surface area contributed by atoms with Crippen molar-refractivity contribution in [3.63, 3.8) is 0 Å². The second kappa shape index (κ2) is 4.28. The molecule has 3 heteroatoms. The van der Waals surface area contributed by atoms with Crippen LogP contribution in [0.15, 0.2) is 36.5 Å². The van der Waals surface area contributed by atoms with Gasteiger partial charge in [-0.1, -0.05) is 6.07 Å². The topological polar surface area (TPSA) is 42.1 Å². The number of likely N-dealkylation sites (N-methyl/N-ethyl adjacent to an activating group) is 1. The van der Waals surface area contributed by atoms with E-state index in [0.29, 0.717) is 6.54 Å². The van der Waals surface area contributed by atoms with Gasteiger partial charge < -0.3 is 10.6 Å². The van der Waals surface area contributed by atoms with Crippen LogP contribution in [0, 0.1) is 0 Å². The zero-order valence-corrected chi connectivity index (χ0v) is 8.85. The SMILES string of the molecule is CN(CCN)c1ccc2ncccc2c1. The molecule has 0 aliphatic rings. The molecule has 0 bridgehead atoms. The van der Waals surface area contributed by atoms with Crippen molar-refractivity contribution in [2.24, 2.45) is 5.73 Å². The number of aromatic nitrogens is 1. The number of hydrogen-bond donors (Lipinski definition) is 1. The van der Waals surface area contributed by atoms with Gasteiger partial charge in [0.15, 0.2) is 0 Å². The summed E-state index contributed by atoms with van der Waals surface area (Å²) in [5.74, 6) is 0. The lowest BCUT2D eigenvalue weighted by Gasteiger charge is -2.18. The number of nitrogens with zero attached hydrogens (tertiary/aromatic N) is 2. The molecule has 1 heterocycles. The van der Waals surface area contributed by atoms with Crippen molar-refractivity contribution in [3.05, 3.63) is 36.5 Å². The van der Waals surface area contributed by atoms with E-state index in [1.165, 1.54) is 11.1 Å². The molecule has 0 atom stereocenters. The Kier molecular flexibility index (Phi) is 2.83. The van der Waals surface area contributed by atoms with E-state index in [9.17, 15) is 0 Å². The average Bonchev–Trinajstić information content (AvgIpc) is 2.29. The highest BCUT2D eigenvalue weighted by atomic mass is 15.1. The van der Waals surface area contributed by atoms with Crippen LogP contribution in [0.25, 0.3) is 10.9 Å². The summed E-state index contributed by atoms with van der Waals surface area (Å²) in [6, 6.07) is 10.3. The van der Waals surface area contributed by atoms with Gasteiger partial charge in [-0.3, -0.25) is 4.98 Å². The summed E-state index contributed by atoms with van der Waals surface area (Å²) in [5.41, 5.74) is 7.74. The van der Waals surface area contributed by atoms with Crippen LogP contribution in [0.1, 0.15) is 0 Å². The molecule has 78 valence electrons. The monoisotopic (exact) mass is 201 g/mol. The number of hydrogen-bond acceptors (Lipinski definition) is 3. The maximum absolute atomic E-state index is 5.53. The largest absolute Gasteiger partial charge is 0.373 e. The molecule has 3 nitrogen and oxygen atoms in total. The number of nitrogens with two attached hydrogens (primary N) is 1. The van der Waals surface area contributed by atoms with Crippen molar-refractivity contribution in [1.29, 1.82) is 0 Å². The van der Waals surface area contributed by atoms with Crippen LogP contribution in [-0.4, -0.2) is 25.1 Å². The lowest BCUT2D eigenvalue weighted by atomic mass is 10.2. The molecule has 1 aromatic carbocycles. The molecule has 0 saturated heterocycles. The molecule has 0 spiro atoms. The van der Waals surface area contributed by atoms with E-state index in [0.717, 1.165) is 12.1 Å². The molecule has 0 unspecified atom stereocenters. The van der Waals surface area contributed by atoms with E-state index >= 15 is 0 Å². The van der Waals surface area contributed by atoms with Gasteiger partial charge in [0.2, 0.25) is 0 Å². The van der Waals surface area contributed by atoms with E-state index in [4.69, 9.17) is 5.73 Å². The van der Waals surface area contributed by atoms with E-state index in [-0.39, 0.29) is 0 Å². The van der Waals surface area contributed by atoms with E-state index in [2.05, 4.69) is 28.1 Å². The van der Waals surface area contributed by atoms with E-state index in [1.807, 2.05) is 25.4 Å². The second-order valence-corrected chi connectivity index (χ2v) is 3.59. The highest BCUT2D eigenvalue weighted by Gasteiger charge is 2.00. The minimum absolute atomic E-state index is 0.668. The predicted octanol–water partition coefficient (Wildman–Crippen LogP) is 1.63. The fourth-order valence-electron chi connectivity index (χ4n) is 1.62. The standard InChI is InChI=1S/C12H15N3/c1-15(8-6-13)11-4-5-12-10(9-11)3-2-7-14-12/h2-5,7,9H,6,8,13H2,1H3.